The van der Waals surface area contributed by atoms with Gasteiger partial charge in [-0.05, 0) is 0 Å². The van der Waals surface area contributed by atoms with Gasteiger partial charge >= 0.3 is 379 Å². The molecule has 0 heterocycles. The summed E-state index contributed by atoms with van der Waals surface area (Å²) >= 11 is -4.88. The van der Waals surface area contributed by atoms with Crippen molar-refractivity contribution in [2.24, 2.45) is 35.5 Å². The fourth-order valence-corrected chi connectivity index (χ4v) is 49.7. The summed E-state index contributed by atoms with van der Waals surface area (Å²) in [5.41, 5.74) is 20.5. The zero-order valence-electron chi connectivity index (χ0n) is 37.7. The van der Waals surface area contributed by atoms with Crippen LogP contribution in [0.3, 0.4) is 0 Å². The van der Waals surface area contributed by atoms with Gasteiger partial charge in [0.1, 0.15) is 0 Å². The molecule has 61 heavy (non-hydrogen) atoms. The van der Waals surface area contributed by atoms with Crippen molar-refractivity contribution in [3.8, 4) is 22.3 Å². The van der Waals surface area contributed by atoms with Crippen molar-refractivity contribution < 1.29 is 15.6 Å². The molecule has 317 valence electrons. The Morgan fingerprint density at radius 3 is 1.30 bits per heavy atom. The van der Waals surface area contributed by atoms with Crippen molar-refractivity contribution in [1.82, 2.24) is 0 Å². The Morgan fingerprint density at radius 2 is 0.918 bits per heavy atom. The molecule has 0 radical (unpaired) electrons. The van der Waals surface area contributed by atoms with E-state index in [0.717, 1.165) is 41.9 Å². The van der Waals surface area contributed by atoms with E-state index in [4.69, 9.17) is 17.0 Å². The summed E-state index contributed by atoms with van der Waals surface area (Å²) in [5.74, 6) is 4.09. The number of benzene rings is 4. The Bertz CT molecular complexity index is 2470. The summed E-state index contributed by atoms with van der Waals surface area (Å²) in [4.78, 5) is 0. The van der Waals surface area contributed by atoms with E-state index in [1.807, 2.05) is 0 Å². The number of hydrogen-bond acceptors (Lipinski definition) is 0. The van der Waals surface area contributed by atoms with Crippen molar-refractivity contribution in [3.05, 3.63) is 128 Å². The molecular weight excluding hydrogens is 875 g/mol. The molecule has 4 aromatic rings. The minimum absolute atomic E-state index is 0.103. The molecular formula is C57H67Cl2SiZr. The average Bonchev–Trinajstić information content (AvgIpc) is 3.77. The van der Waals surface area contributed by atoms with Gasteiger partial charge in [-0.3, -0.25) is 0 Å². The van der Waals surface area contributed by atoms with Crippen LogP contribution in [0, 0.1) is 49.4 Å². The van der Waals surface area contributed by atoms with E-state index in [2.05, 4.69) is 126 Å². The van der Waals surface area contributed by atoms with Crippen molar-refractivity contribution in [1.29, 1.82) is 0 Å². The van der Waals surface area contributed by atoms with Crippen LogP contribution in [0.15, 0.2) is 83.9 Å². The zero-order valence-corrected chi connectivity index (χ0v) is 42.9. The molecule has 0 aromatic heterocycles. The topological polar surface area (TPSA) is 0 Å². The van der Waals surface area contributed by atoms with E-state index in [9.17, 15) is 0 Å². The molecule has 0 N–H and O–H groups in total. The average molecular weight is 942 g/mol. The molecule has 0 amide bonds. The summed E-state index contributed by atoms with van der Waals surface area (Å²) in [6.45, 7) is 14.3. The quantitative estimate of drug-likeness (QED) is 0.154. The fraction of sp³-hybridized carbons (Fsp3) is 0.509. The predicted molar refractivity (Wildman–Crippen MR) is 261 cm³/mol. The predicted octanol–water partition coefficient (Wildman–Crippen LogP) is 16.6. The van der Waals surface area contributed by atoms with Crippen LogP contribution in [0.1, 0.15) is 149 Å². The van der Waals surface area contributed by atoms with Gasteiger partial charge in [0.2, 0.25) is 0 Å². The van der Waals surface area contributed by atoms with Crippen LogP contribution >= 0.6 is 17.0 Å². The van der Waals surface area contributed by atoms with E-state index in [1.165, 1.54) is 144 Å². The number of hydrogen-bond donors (Lipinski definition) is 0. The second kappa shape index (κ2) is 14.0. The molecule has 0 aliphatic heterocycles. The summed E-state index contributed by atoms with van der Waals surface area (Å²) in [6, 6.07) is 29.9. The first-order chi connectivity index (χ1) is 29.2. The number of aryl methyl sites for hydroxylation is 2. The van der Waals surface area contributed by atoms with Gasteiger partial charge < -0.3 is 0 Å². The molecule has 2 atom stereocenters. The fourth-order valence-electron chi connectivity index (χ4n) is 17.4. The standard InChI is InChI=1S/C28H31.C27H29.C2H7Si.2ClH.Zr/c1-3-19-13-24-8-18(2)9-26(27(24)14-19)23-4-6-25(7-5-23)28-15-20-10-21(16-28)12-22(11-20)17-28;1-17-7-23-8-18(2)10-26(23)25(9-17)22-3-5-24(6-4-22)27-14-19-11-20(15-27)13-21(12-19)16-27;1-3-2;;;/h4-9,13-14,20-22H,3,10-12,15-17H2,1-2H3;3-10,19-21H,11-16H2,1-2H3;3H,1-2H3;2*1H;/q;;;;;+2/p-2. The van der Waals surface area contributed by atoms with Gasteiger partial charge in [0.25, 0.3) is 0 Å². The number of rotatable bonds is 8. The molecule has 0 spiro atoms. The van der Waals surface area contributed by atoms with Crippen LogP contribution in [-0.2, 0) is 26.4 Å². The molecule has 4 aromatic carbocycles. The Labute approximate surface area is 376 Å². The summed E-state index contributed by atoms with van der Waals surface area (Å²) in [6.07, 6.45) is 23.5. The summed E-state index contributed by atoms with van der Waals surface area (Å²) < 4.78 is 0.218. The van der Waals surface area contributed by atoms with Crippen molar-refractivity contribution >= 4 is 35.1 Å². The van der Waals surface area contributed by atoms with Crippen LogP contribution in [0.25, 0.3) is 34.4 Å². The molecule has 4 heteroatoms. The van der Waals surface area contributed by atoms with E-state index < -0.39 is 21.5 Å². The Morgan fingerprint density at radius 1 is 0.541 bits per heavy atom. The normalized spacial score (nSPS) is 34.7. The van der Waals surface area contributed by atoms with E-state index >= 15 is 0 Å². The molecule has 8 saturated carbocycles. The first-order valence-electron chi connectivity index (χ1n) is 24.7. The van der Waals surface area contributed by atoms with Gasteiger partial charge in [-0.1, -0.05) is 0 Å². The third-order valence-corrected chi connectivity index (χ3v) is 71.2. The SMILES string of the molecule is CCC1=Cc2c(-c3ccc(C45CC6CC(CC(C6)C4)C5)cc3)cc(C)cc2[CH]1[Zr]([Cl])([Cl])([CH]1C(C)=Cc2c(-c3ccc(C45CC6CC(CC(C6)C4)C5)cc3)cc(C)cc21)[SiH](C)C. The molecule has 8 fully saturated rings. The molecule has 2 unspecified atom stereocenters. The van der Waals surface area contributed by atoms with E-state index in [0.29, 0.717) is 10.8 Å². The Balaban J connectivity index is 0.918. The van der Waals surface area contributed by atoms with Gasteiger partial charge in [-0.15, -0.1) is 0 Å². The monoisotopic (exact) mass is 939 g/mol. The molecule has 10 aliphatic carbocycles. The van der Waals surface area contributed by atoms with E-state index in [-0.39, 0.29) is 7.25 Å². The first-order valence-corrected chi connectivity index (χ1v) is 41.0. The van der Waals surface area contributed by atoms with Gasteiger partial charge in [0.15, 0.2) is 0 Å². The second-order valence-electron chi connectivity index (χ2n) is 23.4. The maximum absolute atomic E-state index is 8.86. The third-order valence-electron chi connectivity index (χ3n) is 19.2. The van der Waals surface area contributed by atoms with Crippen LogP contribution in [0.4, 0.5) is 0 Å². The molecule has 14 rings (SSSR count). The van der Waals surface area contributed by atoms with E-state index in [1.54, 1.807) is 11.1 Å². The van der Waals surface area contributed by atoms with Crippen LogP contribution in [0.5, 0.6) is 0 Å². The minimum atomic E-state index is -4.88. The van der Waals surface area contributed by atoms with Crippen LogP contribution in [-0.4, -0.2) is 5.92 Å². The summed E-state index contributed by atoms with van der Waals surface area (Å²) in [5, 5.41) is 0. The van der Waals surface area contributed by atoms with Crippen molar-refractivity contribution in [2.45, 2.75) is 142 Å². The first kappa shape index (κ1) is 40.5. The van der Waals surface area contributed by atoms with Gasteiger partial charge in [0, 0.05) is 0 Å². The number of allylic oxidation sites excluding steroid dienone is 2. The Kier molecular flexibility index (Phi) is 9.32. The maximum atomic E-state index is 8.86. The number of fused-ring (bicyclic) bond motifs is 2. The van der Waals surface area contributed by atoms with Crippen molar-refractivity contribution in [2.75, 3.05) is 0 Å². The third kappa shape index (κ3) is 6.02. The number of halogens is 2. The van der Waals surface area contributed by atoms with Crippen LogP contribution in [0.2, 0.25) is 13.1 Å². The van der Waals surface area contributed by atoms with Crippen LogP contribution < -0.4 is 0 Å². The molecule has 0 nitrogen and oxygen atoms in total. The zero-order chi connectivity index (χ0) is 41.8. The van der Waals surface area contributed by atoms with Gasteiger partial charge in [-0.2, -0.15) is 0 Å². The molecule has 8 bridgehead atoms. The summed E-state index contributed by atoms with van der Waals surface area (Å²) in [7, 11) is 17.7. The second-order valence-corrected chi connectivity index (χ2v) is 65.9. The van der Waals surface area contributed by atoms with Gasteiger partial charge in [-0.25, -0.2) is 0 Å². The van der Waals surface area contributed by atoms with Gasteiger partial charge in [0.05, 0.1) is 0 Å². The van der Waals surface area contributed by atoms with Crippen molar-refractivity contribution in [3.63, 3.8) is 0 Å². The Hall–Kier alpha value is -1.96. The molecule has 10 aliphatic rings. The molecule has 0 saturated heterocycles.